The van der Waals surface area contributed by atoms with Gasteiger partial charge in [-0.3, -0.25) is 9.82 Å². The van der Waals surface area contributed by atoms with Crippen molar-refractivity contribution in [2.45, 2.75) is 20.1 Å². The molecule has 1 aliphatic rings. The van der Waals surface area contributed by atoms with E-state index in [2.05, 4.69) is 11.9 Å². The van der Waals surface area contributed by atoms with Crippen molar-refractivity contribution in [2.75, 3.05) is 6.54 Å². The molecule has 64 valence electrons. The molecule has 0 amide bonds. The fraction of sp³-hybridized carbons (Fsp3) is 0.444. The van der Waals surface area contributed by atoms with Gasteiger partial charge in [0.05, 0.1) is 13.2 Å². The average Bonchev–Trinajstić information content (AvgIpc) is 2.17. The van der Waals surface area contributed by atoms with Crippen LogP contribution in [0.3, 0.4) is 0 Å². The molecule has 0 spiro atoms. The molecule has 3 heteroatoms. The second kappa shape index (κ2) is 3.21. The molecular formula is C9H12N2O. The van der Waals surface area contributed by atoms with Crippen molar-refractivity contribution >= 4 is 0 Å². The molecule has 0 N–H and O–H groups in total. The monoisotopic (exact) mass is 164 g/mol. The Balaban J connectivity index is 2.23. The summed E-state index contributed by atoms with van der Waals surface area (Å²) in [6, 6.07) is 2.02. The molecule has 0 saturated carbocycles. The highest BCUT2D eigenvalue weighted by Crippen LogP contribution is 2.17. The number of hydroxylamine groups is 2. The zero-order chi connectivity index (χ0) is 8.39. The maximum atomic E-state index is 5.46. The molecule has 0 atom stereocenters. The van der Waals surface area contributed by atoms with Crippen LogP contribution in [0.2, 0.25) is 0 Å². The van der Waals surface area contributed by atoms with Crippen molar-refractivity contribution in [1.29, 1.82) is 0 Å². The molecule has 1 aliphatic heterocycles. The summed E-state index contributed by atoms with van der Waals surface area (Å²) in [5.74, 6) is 0. The molecule has 2 rings (SSSR count). The quantitative estimate of drug-likeness (QED) is 0.626. The maximum absolute atomic E-state index is 5.46. The Labute approximate surface area is 71.9 Å². The summed E-state index contributed by atoms with van der Waals surface area (Å²) in [7, 11) is 0. The van der Waals surface area contributed by atoms with Gasteiger partial charge in [0.25, 0.3) is 0 Å². The highest BCUT2D eigenvalue weighted by molar-refractivity contribution is 5.23. The van der Waals surface area contributed by atoms with Crippen LogP contribution in [0.25, 0.3) is 0 Å². The Hall–Kier alpha value is -0.930. The van der Waals surface area contributed by atoms with Gasteiger partial charge in [-0.15, -0.1) is 0 Å². The van der Waals surface area contributed by atoms with Gasteiger partial charge in [0.1, 0.15) is 0 Å². The second-order valence-electron chi connectivity index (χ2n) is 2.87. The van der Waals surface area contributed by atoms with Gasteiger partial charge < -0.3 is 0 Å². The lowest BCUT2D eigenvalue weighted by Crippen LogP contribution is -2.28. The number of fused-ring (bicyclic) bond motifs is 1. The SMILES string of the molecule is CCN1Cc2cnccc2CO1. The topological polar surface area (TPSA) is 25.4 Å². The van der Waals surface area contributed by atoms with Gasteiger partial charge in [0, 0.05) is 18.9 Å². The van der Waals surface area contributed by atoms with Crippen LogP contribution in [0.4, 0.5) is 0 Å². The van der Waals surface area contributed by atoms with Crippen molar-refractivity contribution in [3.05, 3.63) is 29.6 Å². The van der Waals surface area contributed by atoms with E-state index in [1.165, 1.54) is 11.1 Å². The van der Waals surface area contributed by atoms with Gasteiger partial charge in [0.2, 0.25) is 0 Å². The summed E-state index contributed by atoms with van der Waals surface area (Å²) in [5, 5.41) is 1.95. The van der Waals surface area contributed by atoms with Crippen LogP contribution in [0.5, 0.6) is 0 Å². The van der Waals surface area contributed by atoms with Crippen LogP contribution in [0.15, 0.2) is 18.5 Å². The Bertz CT molecular complexity index is 275. The summed E-state index contributed by atoms with van der Waals surface area (Å²) in [4.78, 5) is 9.54. The van der Waals surface area contributed by atoms with Crippen molar-refractivity contribution in [3.8, 4) is 0 Å². The predicted molar refractivity (Wildman–Crippen MR) is 45.1 cm³/mol. The first kappa shape index (κ1) is 7.71. The zero-order valence-corrected chi connectivity index (χ0v) is 7.16. The number of rotatable bonds is 1. The van der Waals surface area contributed by atoms with Crippen LogP contribution < -0.4 is 0 Å². The maximum Gasteiger partial charge on any atom is 0.0940 e. The van der Waals surface area contributed by atoms with Crippen molar-refractivity contribution in [3.63, 3.8) is 0 Å². The fourth-order valence-electron chi connectivity index (χ4n) is 1.34. The molecule has 0 unspecified atom stereocenters. The minimum absolute atomic E-state index is 0.686. The molecule has 12 heavy (non-hydrogen) atoms. The second-order valence-corrected chi connectivity index (χ2v) is 2.87. The van der Waals surface area contributed by atoms with Crippen molar-refractivity contribution < 1.29 is 4.84 Å². The summed E-state index contributed by atoms with van der Waals surface area (Å²) < 4.78 is 0. The van der Waals surface area contributed by atoms with Crippen LogP contribution in [-0.4, -0.2) is 16.6 Å². The smallest absolute Gasteiger partial charge is 0.0940 e. The number of nitrogens with zero attached hydrogens (tertiary/aromatic N) is 2. The van der Waals surface area contributed by atoms with Crippen molar-refractivity contribution in [1.82, 2.24) is 10.0 Å². The number of hydrogen-bond donors (Lipinski definition) is 0. The Morgan fingerprint density at radius 3 is 3.33 bits per heavy atom. The zero-order valence-electron chi connectivity index (χ0n) is 7.16. The Kier molecular flexibility index (Phi) is 2.06. The van der Waals surface area contributed by atoms with Crippen LogP contribution in [0.1, 0.15) is 18.1 Å². The summed E-state index contributed by atoms with van der Waals surface area (Å²) >= 11 is 0. The Morgan fingerprint density at radius 2 is 2.50 bits per heavy atom. The number of hydrogen-bond acceptors (Lipinski definition) is 3. The van der Waals surface area contributed by atoms with E-state index in [4.69, 9.17) is 4.84 Å². The molecule has 3 nitrogen and oxygen atoms in total. The summed E-state index contributed by atoms with van der Waals surface area (Å²) in [5.41, 5.74) is 2.54. The van der Waals surface area contributed by atoms with E-state index in [0.29, 0.717) is 6.61 Å². The van der Waals surface area contributed by atoms with Gasteiger partial charge in [-0.2, -0.15) is 5.06 Å². The molecule has 2 heterocycles. The number of aromatic nitrogens is 1. The lowest BCUT2D eigenvalue weighted by molar-refractivity contribution is -0.183. The third-order valence-electron chi connectivity index (χ3n) is 2.11. The highest BCUT2D eigenvalue weighted by Gasteiger charge is 2.14. The minimum Gasteiger partial charge on any atom is -0.294 e. The van der Waals surface area contributed by atoms with Gasteiger partial charge in [-0.25, -0.2) is 0 Å². The largest absolute Gasteiger partial charge is 0.294 e. The first-order valence-electron chi connectivity index (χ1n) is 4.19. The lowest BCUT2D eigenvalue weighted by atomic mass is 10.1. The summed E-state index contributed by atoms with van der Waals surface area (Å²) in [6.45, 7) is 4.56. The van der Waals surface area contributed by atoms with E-state index < -0.39 is 0 Å². The molecule has 0 aromatic carbocycles. The van der Waals surface area contributed by atoms with Gasteiger partial charge in [0.15, 0.2) is 0 Å². The van der Waals surface area contributed by atoms with Crippen molar-refractivity contribution in [2.24, 2.45) is 0 Å². The first-order valence-corrected chi connectivity index (χ1v) is 4.19. The molecule has 1 aromatic heterocycles. The highest BCUT2D eigenvalue weighted by atomic mass is 16.7. The van der Waals surface area contributed by atoms with E-state index >= 15 is 0 Å². The molecule has 1 aromatic rings. The molecule has 0 saturated heterocycles. The Morgan fingerprint density at radius 1 is 1.58 bits per heavy atom. The standard InChI is InChI=1S/C9H12N2O/c1-2-11-6-9-5-10-4-3-8(9)7-12-11/h3-5H,2,6-7H2,1H3. The van der Waals surface area contributed by atoms with E-state index in [9.17, 15) is 0 Å². The summed E-state index contributed by atoms with van der Waals surface area (Å²) in [6.07, 6.45) is 3.73. The van der Waals surface area contributed by atoms with Gasteiger partial charge in [-0.05, 0) is 17.2 Å². The molecule has 0 fully saturated rings. The van der Waals surface area contributed by atoms with Crippen LogP contribution in [-0.2, 0) is 18.0 Å². The minimum atomic E-state index is 0.686. The molecular weight excluding hydrogens is 152 g/mol. The van der Waals surface area contributed by atoms with Gasteiger partial charge >= 0.3 is 0 Å². The van der Waals surface area contributed by atoms with Crippen LogP contribution in [0, 0.1) is 0 Å². The predicted octanol–water partition coefficient (Wildman–Crippen LogP) is 1.35. The fourth-order valence-corrected chi connectivity index (χ4v) is 1.34. The lowest BCUT2D eigenvalue weighted by Gasteiger charge is -2.26. The van der Waals surface area contributed by atoms with Gasteiger partial charge in [-0.1, -0.05) is 6.92 Å². The van der Waals surface area contributed by atoms with E-state index in [0.717, 1.165) is 13.1 Å². The molecule has 0 bridgehead atoms. The normalized spacial score (nSPS) is 17.4. The van der Waals surface area contributed by atoms with E-state index in [-0.39, 0.29) is 0 Å². The van der Waals surface area contributed by atoms with Crippen LogP contribution >= 0.6 is 0 Å². The third-order valence-corrected chi connectivity index (χ3v) is 2.11. The molecule has 0 aliphatic carbocycles. The number of pyridine rings is 1. The van der Waals surface area contributed by atoms with E-state index in [1.54, 1.807) is 0 Å². The molecule has 0 radical (unpaired) electrons. The third kappa shape index (κ3) is 1.33. The average molecular weight is 164 g/mol. The first-order chi connectivity index (χ1) is 5.90. The van der Waals surface area contributed by atoms with E-state index in [1.807, 2.05) is 23.5 Å².